The molecule has 2 aliphatic heterocycles. The van der Waals surface area contributed by atoms with Gasteiger partial charge in [-0.2, -0.15) is 0 Å². The molecule has 1 fully saturated rings. The Morgan fingerprint density at radius 3 is 2.67 bits per heavy atom. The molecule has 124 valence electrons. The van der Waals surface area contributed by atoms with E-state index in [1.807, 2.05) is 23.1 Å². The molecule has 1 saturated heterocycles. The maximum absolute atomic E-state index is 12.9. The van der Waals surface area contributed by atoms with Gasteiger partial charge in [0.2, 0.25) is 6.79 Å². The summed E-state index contributed by atoms with van der Waals surface area (Å²) in [6.07, 6.45) is 0. The minimum absolute atomic E-state index is 0.0187. The summed E-state index contributed by atoms with van der Waals surface area (Å²) in [5.74, 6) is 1.91. The molecule has 24 heavy (non-hydrogen) atoms. The van der Waals surface area contributed by atoms with Gasteiger partial charge in [0.05, 0.1) is 0 Å². The average Bonchev–Trinajstić information content (AvgIpc) is 3.27. The predicted molar refractivity (Wildman–Crippen MR) is 90.2 cm³/mol. The van der Waals surface area contributed by atoms with Crippen molar-refractivity contribution in [3.63, 3.8) is 0 Å². The first-order valence-corrected chi connectivity index (χ1v) is 8.20. The van der Waals surface area contributed by atoms with Crippen LogP contribution in [0.2, 0.25) is 0 Å². The van der Waals surface area contributed by atoms with Crippen LogP contribution in [-0.2, 0) is 0 Å². The fourth-order valence-corrected chi connectivity index (χ4v) is 3.57. The van der Waals surface area contributed by atoms with Crippen molar-refractivity contribution in [2.24, 2.45) is 11.7 Å². The van der Waals surface area contributed by atoms with Gasteiger partial charge in [0, 0.05) is 24.6 Å². The van der Waals surface area contributed by atoms with Gasteiger partial charge in [0.1, 0.15) is 0 Å². The van der Waals surface area contributed by atoms with E-state index in [1.54, 1.807) is 18.2 Å². The Hall–Kier alpha value is -2.53. The molecule has 0 unspecified atom stereocenters. The molecule has 5 nitrogen and oxygen atoms in total. The third kappa shape index (κ3) is 2.61. The number of ether oxygens (including phenoxy) is 2. The molecule has 2 aromatic rings. The molecule has 2 aromatic carbocycles. The van der Waals surface area contributed by atoms with E-state index in [2.05, 4.69) is 12.1 Å². The SMILES string of the molecule is NC[C@@H]1CN(C(=O)c2ccc3c(c2)OCO3)C[C@H]1c1ccccc1. The van der Waals surface area contributed by atoms with Gasteiger partial charge in [0.15, 0.2) is 11.5 Å². The Kier molecular flexibility index (Phi) is 3.86. The van der Waals surface area contributed by atoms with Crippen molar-refractivity contribution in [1.82, 2.24) is 4.90 Å². The van der Waals surface area contributed by atoms with Gasteiger partial charge < -0.3 is 20.1 Å². The fourth-order valence-electron chi connectivity index (χ4n) is 3.57. The molecule has 2 heterocycles. The minimum atomic E-state index is 0.0187. The van der Waals surface area contributed by atoms with E-state index < -0.39 is 0 Å². The van der Waals surface area contributed by atoms with E-state index in [1.165, 1.54) is 5.56 Å². The zero-order chi connectivity index (χ0) is 16.5. The number of carbonyl (C=O) groups is 1. The van der Waals surface area contributed by atoms with E-state index in [-0.39, 0.29) is 24.5 Å². The van der Waals surface area contributed by atoms with E-state index in [4.69, 9.17) is 15.2 Å². The Balaban J connectivity index is 1.55. The van der Waals surface area contributed by atoms with Gasteiger partial charge in [-0.05, 0) is 36.2 Å². The van der Waals surface area contributed by atoms with Crippen LogP contribution >= 0.6 is 0 Å². The van der Waals surface area contributed by atoms with Crippen LogP contribution in [0.1, 0.15) is 21.8 Å². The van der Waals surface area contributed by atoms with Crippen LogP contribution in [0.4, 0.5) is 0 Å². The third-order valence-electron chi connectivity index (χ3n) is 4.88. The summed E-state index contributed by atoms with van der Waals surface area (Å²) >= 11 is 0. The van der Waals surface area contributed by atoms with E-state index in [9.17, 15) is 4.79 Å². The zero-order valence-corrected chi connectivity index (χ0v) is 13.4. The lowest BCUT2D eigenvalue weighted by molar-refractivity contribution is 0.0786. The third-order valence-corrected chi connectivity index (χ3v) is 4.88. The molecule has 0 spiro atoms. The normalized spacial score (nSPS) is 22.0. The van der Waals surface area contributed by atoms with Gasteiger partial charge in [-0.1, -0.05) is 30.3 Å². The minimum Gasteiger partial charge on any atom is -0.454 e. The summed E-state index contributed by atoms with van der Waals surface area (Å²) in [6, 6.07) is 15.6. The van der Waals surface area contributed by atoms with Crippen LogP contribution in [0.15, 0.2) is 48.5 Å². The summed E-state index contributed by atoms with van der Waals surface area (Å²) in [6.45, 7) is 2.16. The standard InChI is InChI=1S/C19H20N2O3/c20-9-15-10-21(11-16(15)13-4-2-1-3-5-13)19(22)14-6-7-17-18(8-14)24-12-23-17/h1-8,15-16H,9-12,20H2/t15-,16+/m1/s1. The second-order valence-corrected chi connectivity index (χ2v) is 6.29. The molecule has 5 heteroatoms. The smallest absolute Gasteiger partial charge is 0.254 e. The average molecular weight is 324 g/mol. The van der Waals surface area contributed by atoms with Gasteiger partial charge in [0.25, 0.3) is 5.91 Å². The zero-order valence-electron chi connectivity index (χ0n) is 13.4. The molecule has 0 aliphatic carbocycles. The number of likely N-dealkylation sites (tertiary alicyclic amines) is 1. The Labute approximate surface area is 141 Å². The second-order valence-electron chi connectivity index (χ2n) is 6.29. The predicted octanol–water partition coefficient (Wildman–Crippen LogP) is 2.23. The van der Waals surface area contributed by atoms with Gasteiger partial charge >= 0.3 is 0 Å². The summed E-state index contributed by atoms with van der Waals surface area (Å²) in [7, 11) is 0. The Bertz CT molecular complexity index is 748. The molecule has 2 atom stereocenters. The van der Waals surface area contributed by atoms with Crippen molar-refractivity contribution >= 4 is 5.91 Å². The van der Waals surface area contributed by atoms with Gasteiger partial charge in [-0.15, -0.1) is 0 Å². The number of hydrogen-bond donors (Lipinski definition) is 1. The Morgan fingerprint density at radius 2 is 1.88 bits per heavy atom. The monoisotopic (exact) mass is 324 g/mol. The highest BCUT2D eigenvalue weighted by molar-refractivity contribution is 5.95. The van der Waals surface area contributed by atoms with Crippen molar-refractivity contribution in [2.45, 2.75) is 5.92 Å². The summed E-state index contributed by atoms with van der Waals surface area (Å²) in [5.41, 5.74) is 7.83. The first-order valence-electron chi connectivity index (χ1n) is 8.20. The fraction of sp³-hybridized carbons (Fsp3) is 0.316. The van der Waals surface area contributed by atoms with E-state index in [0.717, 1.165) is 0 Å². The van der Waals surface area contributed by atoms with Gasteiger partial charge in [-0.3, -0.25) is 4.79 Å². The van der Waals surface area contributed by atoms with E-state index >= 15 is 0 Å². The highest BCUT2D eigenvalue weighted by atomic mass is 16.7. The van der Waals surface area contributed by atoms with Crippen LogP contribution in [0.25, 0.3) is 0 Å². The van der Waals surface area contributed by atoms with Gasteiger partial charge in [-0.25, -0.2) is 0 Å². The van der Waals surface area contributed by atoms with Crippen LogP contribution in [0.3, 0.4) is 0 Å². The molecule has 0 saturated carbocycles. The van der Waals surface area contributed by atoms with Crippen molar-refractivity contribution in [2.75, 3.05) is 26.4 Å². The van der Waals surface area contributed by atoms with Crippen molar-refractivity contribution in [3.05, 3.63) is 59.7 Å². The Morgan fingerprint density at radius 1 is 1.08 bits per heavy atom. The summed E-state index contributed by atoms with van der Waals surface area (Å²) < 4.78 is 10.7. The number of hydrogen-bond acceptors (Lipinski definition) is 4. The molecule has 0 radical (unpaired) electrons. The molecule has 0 aromatic heterocycles. The van der Waals surface area contributed by atoms with Crippen LogP contribution < -0.4 is 15.2 Å². The van der Waals surface area contributed by atoms with Crippen molar-refractivity contribution < 1.29 is 14.3 Å². The maximum atomic E-state index is 12.9. The maximum Gasteiger partial charge on any atom is 0.254 e. The van der Waals surface area contributed by atoms with Crippen molar-refractivity contribution in [3.8, 4) is 11.5 Å². The van der Waals surface area contributed by atoms with Crippen LogP contribution in [0, 0.1) is 5.92 Å². The molecular formula is C19H20N2O3. The number of benzene rings is 2. The number of fused-ring (bicyclic) bond motifs is 1. The number of carbonyl (C=O) groups excluding carboxylic acids is 1. The first kappa shape index (κ1) is 15.0. The topological polar surface area (TPSA) is 64.8 Å². The van der Waals surface area contributed by atoms with Crippen molar-refractivity contribution in [1.29, 1.82) is 0 Å². The lowest BCUT2D eigenvalue weighted by atomic mass is 9.89. The quantitative estimate of drug-likeness (QED) is 0.940. The van der Waals surface area contributed by atoms with E-state index in [0.29, 0.717) is 36.7 Å². The number of rotatable bonds is 3. The summed E-state index contributed by atoms with van der Waals surface area (Å²) in [4.78, 5) is 14.8. The highest BCUT2D eigenvalue weighted by Gasteiger charge is 2.35. The number of nitrogens with zero attached hydrogens (tertiary/aromatic N) is 1. The first-order chi connectivity index (χ1) is 11.8. The molecule has 2 N–H and O–H groups in total. The largest absolute Gasteiger partial charge is 0.454 e. The molecule has 1 amide bonds. The number of nitrogens with two attached hydrogens (primary N) is 1. The number of amides is 1. The molecular weight excluding hydrogens is 304 g/mol. The highest BCUT2D eigenvalue weighted by Crippen LogP contribution is 2.35. The van der Waals surface area contributed by atoms with Crippen LogP contribution in [-0.4, -0.2) is 37.2 Å². The summed E-state index contributed by atoms with van der Waals surface area (Å²) in [5, 5.41) is 0. The lowest BCUT2D eigenvalue weighted by Gasteiger charge is -2.17. The van der Waals surface area contributed by atoms with Crippen LogP contribution in [0.5, 0.6) is 11.5 Å². The lowest BCUT2D eigenvalue weighted by Crippen LogP contribution is -2.29. The second kappa shape index (κ2) is 6.17. The molecule has 4 rings (SSSR count). The molecule has 0 bridgehead atoms. The molecule has 2 aliphatic rings.